The zero-order valence-corrected chi connectivity index (χ0v) is 9.23. The smallest absolute Gasteiger partial charge is 0.264 e. The fourth-order valence-electron chi connectivity index (χ4n) is 1.50. The number of amides is 1. The standard InChI is InChI=1S/C12H11N3O2/c1-8(16)13-10-5-3-2-4-9(10)11-6-7-12(17)15-14-11/h2-7H,1H3,(H,13,16)(H,15,17). The Morgan fingerprint density at radius 1 is 1.24 bits per heavy atom. The summed E-state index contributed by atoms with van der Waals surface area (Å²) < 4.78 is 0. The molecule has 0 aliphatic rings. The Labute approximate surface area is 97.5 Å². The number of benzene rings is 1. The largest absolute Gasteiger partial charge is 0.326 e. The van der Waals surface area contributed by atoms with Crippen LogP contribution in [-0.4, -0.2) is 16.1 Å². The number of para-hydroxylation sites is 1. The van der Waals surface area contributed by atoms with Crippen LogP contribution >= 0.6 is 0 Å². The van der Waals surface area contributed by atoms with Crippen molar-refractivity contribution in [3.05, 3.63) is 46.8 Å². The van der Waals surface area contributed by atoms with Crippen molar-refractivity contribution in [1.29, 1.82) is 0 Å². The molecule has 5 nitrogen and oxygen atoms in total. The molecule has 0 unspecified atom stereocenters. The predicted molar refractivity (Wildman–Crippen MR) is 64.6 cm³/mol. The van der Waals surface area contributed by atoms with Gasteiger partial charge in [0.05, 0.1) is 11.4 Å². The van der Waals surface area contributed by atoms with Crippen molar-refractivity contribution < 1.29 is 4.79 Å². The molecule has 0 saturated heterocycles. The van der Waals surface area contributed by atoms with Gasteiger partial charge in [-0.15, -0.1) is 0 Å². The van der Waals surface area contributed by atoms with Crippen molar-refractivity contribution in [3.8, 4) is 11.3 Å². The van der Waals surface area contributed by atoms with E-state index in [2.05, 4.69) is 15.5 Å². The van der Waals surface area contributed by atoms with Gasteiger partial charge in [0.2, 0.25) is 5.91 Å². The summed E-state index contributed by atoms with van der Waals surface area (Å²) >= 11 is 0. The highest BCUT2D eigenvalue weighted by atomic mass is 16.1. The summed E-state index contributed by atoms with van der Waals surface area (Å²) in [7, 11) is 0. The van der Waals surface area contributed by atoms with Crippen molar-refractivity contribution in [2.45, 2.75) is 6.92 Å². The number of aromatic amines is 1. The molecule has 0 atom stereocenters. The van der Waals surface area contributed by atoms with Gasteiger partial charge in [-0.2, -0.15) is 5.10 Å². The average Bonchev–Trinajstić information content (AvgIpc) is 2.30. The lowest BCUT2D eigenvalue weighted by molar-refractivity contribution is -0.114. The van der Waals surface area contributed by atoms with Gasteiger partial charge in [0.1, 0.15) is 0 Å². The molecule has 17 heavy (non-hydrogen) atoms. The highest BCUT2D eigenvalue weighted by molar-refractivity contribution is 5.93. The van der Waals surface area contributed by atoms with Gasteiger partial charge in [-0.3, -0.25) is 9.59 Å². The minimum absolute atomic E-state index is 0.151. The Balaban J connectivity index is 2.47. The second-order valence-electron chi connectivity index (χ2n) is 3.53. The summed E-state index contributed by atoms with van der Waals surface area (Å²) in [4.78, 5) is 22.0. The van der Waals surface area contributed by atoms with E-state index in [1.54, 1.807) is 12.1 Å². The monoisotopic (exact) mass is 229 g/mol. The number of anilines is 1. The quantitative estimate of drug-likeness (QED) is 0.817. The molecule has 2 aromatic rings. The molecule has 2 N–H and O–H groups in total. The molecule has 0 fully saturated rings. The summed E-state index contributed by atoms with van der Waals surface area (Å²) in [5.74, 6) is -0.151. The van der Waals surface area contributed by atoms with Crippen LogP contribution in [-0.2, 0) is 4.79 Å². The lowest BCUT2D eigenvalue weighted by Gasteiger charge is -2.08. The molecule has 1 aromatic carbocycles. The Kier molecular flexibility index (Phi) is 3.00. The van der Waals surface area contributed by atoms with Gasteiger partial charge in [0.25, 0.3) is 5.56 Å². The van der Waals surface area contributed by atoms with E-state index in [-0.39, 0.29) is 11.5 Å². The van der Waals surface area contributed by atoms with E-state index in [0.717, 1.165) is 5.56 Å². The molecule has 0 saturated carbocycles. The minimum atomic E-state index is -0.259. The third-order valence-electron chi connectivity index (χ3n) is 2.19. The number of rotatable bonds is 2. The van der Waals surface area contributed by atoms with Gasteiger partial charge in [0.15, 0.2) is 0 Å². The molecule has 5 heteroatoms. The van der Waals surface area contributed by atoms with Crippen LogP contribution in [0.25, 0.3) is 11.3 Å². The molecular formula is C12H11N3O2. The Bertz CT molecular complexity index is 584. The summed E-state index contributed by atoms with van der Waals surface area (Å²) in [5, 5.41) is 9.00. The van der Waals surface area contributed by atoms with Gasteiger partial charge >= 0.3 is 0 Å². The van der Waals surface area contributed by atoms with Crippen LogP contribution in [0, 0.1) is 0 Å². The van der Waals surface area contributed by atoms with Crippen molar-refractivity contribution in [3.63, 3.8) is 0 Å². The average molecular weight is 229 g/mol. The van der Waals surface area contributed by atoms with E-state index in [0.29, 0.717) is 11.4 Å². The van der Waals surface area contributed by atoms with Crippen LogP contribution in [0.2, 0.25) is 0 Å². The first-order valence-corrected chi connectivity index (χ1v) is 5.09. The lowest BCUT2D eigenvalue weighted by Crippen LogP contribution is -2.09. The Hall–Kier alpha value is -2.43. The Morgan fingerprint density at radius 2 is 2.00 bits per heavy atom. The normalized spacial score (nSPS) is 9.94. The first-order chi connectivity index (χ1) is 8.16. The number of aromatic nitrogens is 2. The summed E-state index contributed by atoms with van der Waals surface area (Å²) in [6.45, 7) is 1.44. The zero-order chi connectivity index (χ0) is 12.3. The molecular weight excluding hydrogens is 218 g/mol. The molecule has 0 radical (unpaired) electrons. The van der Waals surface area contributed by atoms with Crippen LogP contribution < -0.4 is 10.9 Å². The molecule has 0 aliphatic carbocycles. The zero-order valence-electron chi connectivity index (χ0n) is 9.23. The van der Waals surface area contributed by atoms with Gasteiger partial charge < -0.3 is 5.32 Å². The minimum Gasteiger partial charge on any atom is -0.326 e. The highest BCUT2D eigenvalue weighted by Gasteiger charge is 2.06. The number of nitrogens with zero attached hydrogens (tertiary/aromatic N) is 1. The van der Waals surface area contributed by atoms with E-state index in [4.69, 9.17) is 0 Å². The second kappa shape index (κ2) is 4.61. The van der Waals surface area contributed by atoms with E-state index in [9.17, 15) is 9.59 Å². The van der Waals surface area contributed by atoms with Gasteiger partial charge in [0, 0.05) is 18.6 Å². The predicted octanol–water partition coefficient (Wildman–Crippen LogP) is 1.40. The maximum absolute atomic E-state index is 11.1. The Morgan fingerprint density at radius 3 is 2.65 bits per heavy atom. The van der Waals surface area contributed by atoms with E-state index in [1.807, 2.05) is 18.2 Å². The topological polar surface area (TPSA) is 74.8 Å². The van der Waals surface area contributed by atoms with Crippen LogP contribution in [0.5, 0.6) is 0 Å². The number of hydrogen-bond acceptors (Lipinski definition) is 3. The van der Waals surface area contributed by atoms with Gasteiger partial charge in [-0.1, -0.05) is 18.2 Å². The second-order valence-corrected chi connectivity index (χ2v) is 3.53. The molecule has 1 aromatic heterocycles. The number of hydrogen-bond donors (Lipinski definition) is 2. The first-order valence-electron chi connectivity index (χ1n) is 5.09. The maximum Gasteiger partial charge on any atom is 0.264 e. The molecule has 0 bridgehead atoms. The van der Waals surface area contributed by atoms with E-state index < -0.39 is 0 Å². The number of nitrogens with one attached hydrogen (secondary N) is 2. The van der Waals surface area contributed by atoms with E-state index in [1.165, 1.54) is 13.0 Å². The molecule has 0 aliphatic heterocycles. The fraction of sp³-hybridized carbons (Fsp3) is 0.0833. The number of H-pyrrole nitrogens is 1. The van der Waals surface area contributed by atoms with Gasteiger partial charge in [-0.05, 0) is 12.1 Å². The fourth-order valence-corrected chi connectivity index (χ4v) is 1.50. The van der Waals surface area contributed by atoms with Gasteiger partial charge in [-0.25, -0.2) is 5.10 Å². The van der Waals surface area contributed by atoms with Crippen molar-refractivity contribution >= 4 is 11.6 Å². The molecule has 1 heterocycles. The van der Waals surface area contributed by atoms with Crippen LogP contribution in [0.15, 0.2) is 41.2 Å². The van der Waals surface area contributed by atoms with Crippen LogP contribution in [0.4, 0.5) is 5.69 Å². The summed E-state index contributed by atoms with van der Waals surface area (Å²) in [5.41, 5.74) is 1.78. The first kappa shape index (κ1) is 11.1. The summed E-state index contributed by atoms with van der Waals surface area (Å²) in [6, 6.07) is 10.3. The van der Waals surface area contributed by atoms with Crippen LogP contribution in [0.1, 0.15) is 6.92 Å². The third kappa shape index (κ3) is 2.57. The molecule has 0 spiro atoms. The van der Waals surface area contributed by atoms with E-state index >= 15 is 0 Å². The maximum atomic E-state index is 11.1. The number of carbonyl (C=O) groups is 1. The summed E-state index contributed by atoms with van der Waals surface area (Å²) in [6.07, 6.45) is 0. The molecule has 1 amide bonds. The van der Waals surface area contributed by atoms with Crippen molar-refractivity contribution in [2.75, 3.05) is 5.32 Å². The number of carbonyl (C=O) groups excluding carboxylic acids is 1. The van der Waals surface area contributed by atoms with Crippen LogP contribution in [0.3, 0.4) is 0 Å². The highest BCUT2D eigenvalue weighted by Crippen LogP contribution is 2.24. The SMILES string of the molecule is CC(=O)Nc1ccccc1-c1ccc(=O)[nH]n1. The van der Waals surface area contributed by atoms with Crippen molar-refractivity contribution in [1.82, 2.24) is 10.2 Å². The molecule has 86 valence electrons. The lowest BCUT2D eigenvalue weighted by atomic mass is 10.1. The van der Waals surface area contributed by atoms with Crippen molar-refractivity contribution in [2.24, 2.45) is 0 Å². The third-order valence-corrected chi connectivity index (χ3v) is 2.19. The molecule has 2 rings (SSSR count).